The fraction of sp³-hybridized carbons (Fsp3) is 0.128. The molecule has 0 unspecified atom stereocenters. The summed E-state index contributed by atoms with van der Waals surface area (Å²) >= 11 is -1.72. The van der Waals surface area contributed by atoms with Gasteiger partial charge in [0.15, 0.2) is 0 Å². The van der Waals surface area contributed by atoms with E-state index < -0.39 is 13.3 Å². The van der Waals surface area contributed by atoms with E-state index in [0.717, 1.165) is 66.4 Å². The smallest absolute Gasteiger partial charge is 0 e. The van der Waals surface area contributed by atoms with Crippen LogP contribution in [-0.4, -0.2) is 23.2 Å². The van der Waals surface area contributed by atoms with Gasteiger partial charge < -0.3 is 13.8 Å². The number of benzene rings is 4. The van der Waals surface area contributed by atoms with Crippen LogP contribution in [-0.2, 0) is 20.1 Å². The second-order valence-corrected chi connectivity index (χ2v) is 23.0. The quantitative estimate of drug-likeness (QED) is 0.132. The third-order valence-electron chi connectivity index (χ3n) is 7.97. The second-order valence-electron chi connectivity index (χ2n) is 12.3. The molecule has 0 aliphatic rings. The van der Waals surface area contributed by atoms with E-state index in [4.69, 9.17) is 13.8 Å². The summed E-state index contributed by atoms with van der Waals surface area (Å²) < 4.78 is 13.7. The predicted octanol–water partition coefficient (Wildman–Crippen LogP) is 10.1. The molecule has 8 aromatic rings. The standard InChI is InChI=1S/C25H16NO2.C14H16GeN.Ir/c1-14-7-9-17-20-13-26-21(12-24(20)27-22(17)10-14)19-5-3-4-18-16-8-6-15(2)11-23(16)28-25(18)19;1-15(2,3)13-9-10-14(16-11-13)12-7-5-4-6-8-12;/h3-4,6-13H,1-2H3;4-7,9-11H,1-3H3;/q2*-1;. The summed E-state index contributed by atoms with van der Waals surface area (Å²) in [4.78, 5) is 9.24. The van der Waals surface area contributed by atoms with Crippen LogP contribution in [0.5, 0.6) is 0 Å². The first-order valence-corrected chi connectivity index (χ1v) is 22.2. The summed E-state index contributed by atoms with van der Waals surface area (Å²) in [6.45, 7) is 4.13. The molecule has 4 nitrogen and oxygen atoms in total. The van der Waals surface area contributed by atoms with Gasteiger partial charge in [0.25, 0.3) is 0 Å². The van der Waals surface area contributed by atoms with Gasteiger partial charge in [0, 0.05) is 42.5 Å². The molecule has 0 amide bonds. The van der Waals surface area contributed by atoms with Crippen molar-refractivity contribution in [2.75, 3.05) is 0 Å². The van der Waals surface area contributed by atoms with Crippen molar-refractivity contribution < 1.29 is 28.9 Å². The monoisotopic (exact) mass is 827 g/mol. The molecule has 6 heteroatoms. The maximum absolute atomic E-state index is 6.20. The first kappa shape index (κ1) is 31.0. The molecule has 4 heterocycles. The molecule has 4 aromatic carbocycles. The number of aryl methyl sites for hydroxylation is 2. The summed E-state index contributed by atoms with van der Waals surface area (Å²) in [5.41, 5.74) is 9.47. The Balaban J connectivity index is 0.000000181. The van der Waals surface area contributed by atoms with Gasteiger partial charge in [-0.25, -0.2) is 0 Å². The van der Waals surface area contributed by atoms with Crippen LogP contribution < -0.4 is 4.40 Å². The fourth-order valence-corrected chi connectivity index (χ4v) is 7.68. The van der Waals surface area contributed by atoms with E-state index in [1.165, 1.54) is 15.5 Å². The van der Waals surface area contributed by atoms with Gasteiger partial charge in [-0.2, -0.15) is 0 Å². The van der Waals surface area contributed by atoms with Gasteiger partial charge >= 0.3 is 99.8 Å². The average Bonchev–Trinajstić information content (AvgIpc) is 3.58. The average molecular weight is 826 g/mol. The summed E-state index contributed by atoms with van der Waals surface area (Å²) in [7, 11) is 0. The third-order valence-corrected chi connectivity index (χ3v) is 12.2. The van der Waals surface area contributed by atoms with Crippen molar-refractivity contribution in [2.45, 2.75) is 31.1 Å². The molecular formula is C39H32GeIrN2O2-2. The molecule has 0 atom stereocenters. The van der Waals surface area contributed by atoms with Crippen LogP contribution in [0.25, 0.3) is 66.4 Å². The largest absolute Gasteiger partial charge is 0 e. The summed E-state index contributed by atoms with van der Waals surface area (Å²) in [5, 5.41) is 4.29. The van der Waals surface area contributed by atoms with Crippen LogP contribution in [0.15, 0.2) is 112 Å². The molecular weight excluding hydrogens is 793 g/mol. The molecule has 0 saturated carbocycles. The van der Waals surface area contributed by atoms with Crippen molar-refractivity contribution >= 4 is 61.5 Å². The zero-order valence-electron chi connectivity index (χ0n) is 25.9. The molecule has 0 N–H and O–H groups in total. The Bertz CT molecular complexity index is 2280. The summed E-state index contributed by atoms with van der Waals surface area (Å²) in [6.07, 6.45) is 3.92. The zero-order valence-corrected chi connectivity index (χ0v) is 30.4. The van der Waals surface area contributed by atoms with Crippen molar-refractivity contribution in [3.05, 3.63) is 127 Å². The van der Waals surface area contributed by atoms with Crippen molar-refractivity contribution in [3.8, 4) is 22.5 Å². The minimum Gasteiger partial charge on any atom is 0 e. The SMILES string of the molecule is Cc1ccc2c(c1)oc1cc(-c3[c-]ccc4c3oc3cc(C)ccc34)ncc12.[CH3][Ge]([CH3])([CH3])[c]1ccc(-c2[c-]cccc2)nc1.[Ir]. The second kappa shape index (κ2) is 12.4. The van der Waals surface area contributed by atoms with Gasteiger partial charge in [-0.15, -0.1) is 18.2 Å². The Morgan fingerprint density at radius 1 is 0.600 bits per heavy atom. The van der Waals surface area contributed by atoms with Crippen LogP contribution in [0.2, 0.25) is 17.3 Å². The number of pyridine rings is 2. The number of hydrogen-bond donors (Lipinski definition) is 0. The van der Waals surface area contributed by atoms with Crippen LogP contribution in [0.1, 0.15) is 11.1 Å². The molecule has 0 aliphatic heterocycles. The van der Waals surface area contributed by atoms with E-state index in [1.54, 1.807) is 0 Å². The summed E-state index contributed by atoms with van der Waals surface area (Å²) in [5.74, 6) is 7.14. The molecule has 1 radical (unpaired) electrons. The molecule has 0 fully saturated rings. The third kappa shape index (κ3) is 6.13. The topological polar surface area (TPSA) is 52.1 Å². The number of fused-ring (bicyclic) bond motifs is 6. The van der Waals surface area contributed by atoms with Crippen molar-refractivity contribution in [3.63, 3.8) is 0 Å². The van der Waals surface area contributed by atoms with Crippen LogP contribution in [0.3, 0.4) is 0 Å². The van der Waals surface area contributed by atoms with Gasteiger partial charge in [0.1, 0.15) is 16.7 Å². The molecule has 4 aromatic heterocycles. The van der Waals surface area contributed by atoms with Crippen LogP contribution in [0.4, 0.5) is 0 Å². The molecule has 225 valence electrons. The number of rotatable bonds is 3. The Morgan fingerprint density at radius 3 is 1.96 bits per heavy atom. The van der Waals surface area contributed by atoms with E-state index in [9.17, 15) is 0 Å². The maximum atomic E-state index is 6.20. The predicted molar refractivity (Wildman–Crippen MR) is 184 cm³/mol. The Kier molecular flexibility index (Phi) is 8.54. The number of furan rings is 2. The van der Waals surface area contributed by atoms with E-state index in [-0.39, 0.29) is 20.1 Å². The van der Waals surface area contributed by atoms with E-state index in [0.29, 0.717) is 0 Å². The Morgan fingerprint density at radius 2 is 1.29 bits per heavy atom. The Hall–Kier alpha value is -4.03. The first-order chi connectivity index (χ1) is 21.2. The van der Waals surface area contributed by atoms with E-state index in [2.05, 4.69) is 96.8 Å². The van der Waals surface area contributed by atoms with Crippen LogP contribution in [0, 0.1) is 26.0 Å². The summed E-state index contributed by atoms with van der Waals surface area (Å²) in [6, 6.07) is 37.3. The maximum Gasteiger partial charge on any atom is 0 e. The fourth-order valence-electron chi connectivity index (χ4n) is 5.50. The van der Waals surface area contributed by atoms with Crippen molar-refractivity contribution in [2.24, 2.45) is 0 Å². The molecule has 45 heavy (non-hydrogen) atoms. The van der Waals surface area contributed by atoms with Gasteiger partial charge in [-0.1, -0.05) is 35.2 Å². The number of nitrogens with zero attached hydrogens (tertiary/aromatic N) is 2. The zero-order chi connectivity index (χ0) is 30.4. The normalized spacial score (nSPS) is 11.5. The van der Waals surface area contributed by atoms with Gasteiger partial charge in [-0.05, 0) is 48.9 Å². The molecule has 8 rings (SSSR count). The van der Waals surface area contributed by atoms with E-state index >= 15 is 0 Å². The van der Waals surface area contributed by atoms with Gasteiger partial charge in [0.2, 0.25) is 0 Å². The van der Waals surface area contributed by atoms with E-state index in [1.807, 2.05) is 54.9 Å². The van der Waals surface area contributed by atoms with Crippen LogP contribution >= 0.6 is 0 Å². The Labute approximate surface area is 279 Å². The van der Waals surface area contributed by atoms with Crippen molar-refractivity contribution in [1.29, 1.82) is 0 Å². The van der Waals surface area contributed by atoms with Gasteiger partial charge in [0.05, 0.1) is 5.58 Å². The van der Waals surface area contributed by atoms with Crippen molar-refractivity contribution in [1.82, 2.24) is 9.97 Å². The number of aromatic nitrogens is 2. The minimum absolute atomic E-state index is 0. The van der Waals surface area contributed by atoms with Gasteiger partial charge in [-0.3, -0.25) is 0 Å². The molecule has 0 aliphatic carbocycles. The first-order valence-electron chi connectivity index (χ1n) is 14.8. The molecule has 0 spiro atoms. The molecule has 0 saturated heterocycles. The number of hydrogen-bond acceptors (Lipinski definition) is 4. The molecule has 0 bridgehead atoms. The minimum atomic E-state index is -1.72.